The Kier molecular flexibility index (Phi) is 4.82. The second-order valence-electron chi connectivity index (χ2n) is 9.03. The number of benzene rings is 1. The lowest BCUT2D eigenvalue weighted by Crippen LogP contribution is -2.39. The van der Waals surface area contributed by atoms with Crippen molar-refractivity contribution in [2.45, 2.75) is 39.3 Å². The molecule has 3 aromatic heterocycles. The van der Waals surface area contributed by atoms with Gasteiger partial charge in [0.2, 0.25) is 6.41 Å². The average Bonchev–Trinajstić information content (AvgIpc) is 3.46. The van der Waals surface area contributed by atoms with Gasteiger partial charge >= 0.3 is 0 Å². The van der Waals surface area contributed by atoms with E-state index >= 15 is 0 Å². The summed E-state index contributed by atoms with van der Waals surface area (Å²) in [5.74, 6) is -0.894. The summed E-state index contributed by atoms with van der Waals surface area (Å²) >= 11 is 0. The largest absolute Gasteiger partial charge is 0.354 e. The zero-order valence-electron chi connectivity index (χ0n) is 19.3. The number of imidazole rings is 1. The van der Waals surface area contributed by atoms with Gasteiger partial charge in [-0.05, 0) is 31.5 Å². The number of pyridine rings is 1. The quantitative estimate of drug-likeness (QED) is 0.358. The number of carbonyl (C=O) groups is 3. The highest BCUT2D eigenvalue weighted by Gasteiger charge is 2.36. The summed E-state index contributed by atoms with van der Waals surface area (Å²) in [4.78, 5) is 44.1. The van der Waals surface area contributed by atoms with E-state index in [1.165, 1.54) is 0 Å². The van der Waals surface area contributed by atoms with Gasteiger partial charge in [0, 0.05) is 23.3 Å². The number of imide groups is 1. The standard InChI is InChI=1S/C26H23N5O4/c1-15(2)35-21-13-29-12-18(17-7-5-6-16(24(17)29)11-30(21)14-32)22-23(26(34)28-25(22)33)19-10-27-20-8-3-4-9-31(19)20/h3-10,12,14-15,21H,11,13H2,1-2H3,(H,28,33,34). The molecule has 1 unspecified atom stereocenters. The van der Waals surface area contributed by atoms with E-state index in [9.17, 15) is 14.4 Å². The van der Waals surface area contributed by atoms with Crippen LogP contribution in [-0.4, -0.2) is 49.4 Å². The fourth-order valence-corrected chi connectivity index (χ4v) is 5.09. The molecule has 3 amide bonds. The molecule has 0 saturated heterocycles. The number of ether oxygens (including phenoxy) is 1. The molecule has 0 spiro atoms. The molecule has 0 fully saturated rings. The van der Waals surface area contributed by atoms with E-state index in [4.69, 9.17) is 4.74 Å². The monoisotopic (exact) mass is 469 g/mol. The minimum atomic E-state index is -0.463. The first-order valence-electron chi connectivity index (χ1n) is 11.5. The maximum absolute atomic E-state index is 13.1. The average molecular weight is 470 g/mol. The number of rotatable bonds is 5. The Labute approximate surface area is 200 Å². The van der Waals surface area contributed by atoms with Crippen LogP contribution in [0.2, 0.25) is 0 Å². The molecule has 0 aliphatic carbocycles. The van der Waals surface area contributed by atoms with Crippen molar-refractivity contribution in [3.8, 4) is 0 Å². The van der Waals surface area contributed by atoms with Crippen molar-refractivity contribution >= 4 is 45.9 Å². The van der Waals surface area contributed by atoms with Crippen molar-refractivity contribution in [3.63, 3.8) is 0 Å². The first-order valence-corrected chi connectivity index (χ1v) is 11.5. The molecule has 0 saturated carbocycles. The molecule has 176 valence electrons. The van der Waals surface area contributed by atoms with Gasteiger partial charge < -0.3 is 14.2 Å². The van der Waals surface area contributed by atoms with Crippen molar-refractivity contribution in [1.82, 2.24) is 24.2 Å². The first-order chi connectivity index (χ1) is 17.0. The summed E-state index contributed by atoms with van der Waals surface area (Å²) in [6.45, 7) is 4.64. The SMILES string of the molecule is CC(C)OC1Cn2cc(C3=C(c4cnc5ccccn45)C(=O)NC3=O)c3cccc(c32)CN1C=O. The van der Waals surface area contributed by atoms with Crippen molar-refractivity contribution in [2.75, 3.05) is 0 Å². The maximum Gasteiger partial charge on any atom is 0.261 e. The molecule has 1 aromatic carbocycles. The number of hydrogen-bond donors (Lipinski definition) is 1. The second-order valence-corrected chi connectivity index (χ2v) is 9.03. The molecular formula is C26H23N5O4. The number of fused-ring (bicyclic) bond motifs is 1. The minimum absolute atomic E-state index is 0.0723. The third-order valence-electron chi connectivity index (χ3n) is 6.50. The second kappa shape index (κ2) is 7.92. The van der Waals surface area contributed by atoms with E-state index in [0.29, 0.717) is 41.1 Å². The predicted molar refractivity (Wildman–Crippen MR) is 129 cm³/mol. The summed E-state index contributed by atoms with van der Waals surface area (Å²) < 4.78 is 9.88. The summed E-state index contributed by atoms with van der Waals surface area (Å²) in [6, 6.07) is 11.4. The minimum Gasteiger partial charge on any atom is -0.354 e. The lowest BCUT2D eigenvalue weighted by atomic mass is 9.98. The Hall–Kier alpha value is -4.24. The van der Waals surface area contributed by atoms with Crippen LogP contribution in [0.5, 0.6) is 0 Å². The lowest BCUT2D eigenvalue weighted by Gasteiger charge is -2.28. The van der Waals surface area contributed by atoms with Crippen LogP contribution in [0.4, 0.5) is 0 Å². The molecule has 6 rings (SSSR count). The lowest BCUT2D eigenvalue weighted by molar-refractivity contribution is -0.140. The van der Waals surface area contributed by atoms with Crippen molar-refractivity contribution in [2.24, 2.45) is 0 Å². The molecule has 1 atom stereocenters. The number of aromatic nitrogens is 3. The van der Waals surface area contributed by atoms with Crippen molar-refractivity contribution in [3.05, 3.63) is 71.8 Å². The Morgan fingerprint density at radius 3 is 2.74 bits per heavy atom. The molecule has 0 radical (unpaired) electrons. The fraction of sp³-hybridized carbons (Fsp3) is 0.231. The van der Waals surface area contributed by atoms with Gasteiger partial charge in [0.25, 0.3) is 11.8 Å². The highest BCUT2D eigenvalue weighted by atomic mass is 16.5. The highest BCUT2D eigenvalue weighted by Crippen LogP contribution is 2.38. The Morgan fingerprint density at radius 1 is 1.11 bits per heavy atom. The predicted octanol–water partition coefficient (Wildman–Crippen LogP) is 2.58. The van der Waals surface area contributed by atoms with Gasteiger partial charge in [-0.2, -0.15) is 0 Å². The van der Waals surface area contributed by atoms with Crippen LogP contribution in [0.15, 0.2) is 55.0 Å². The summed E-state index contributed by atoms with van der Waals surface area (Å²) in [7, 11) is 0. The van der Waals surface area contributed by atoms with Gasteiger partial charge in [-0.3, -0.25) is 24.1 Å². The summed E-state index contributed by atoms with van der Waals surface area (Å²) in [6.07, 6.45) is 5.60. The van der Waals surface area contributed by atoms with Gasteiger partial charge in [0.05, 0.1) is 47.7 Å². The van der Waals surface area contributed by atoms with Crippen LogP contribution in [-0.2, 0) is 32.2 Å². The summed E-state index contributed by atoms with van der Waals surface area (Å²) in [5.41, 5.74) is 4.36. The number of nitrogens with one attached hydrogen (secondary N) is 1. The zero-order chi connectivity index (χ0) is 24.3. The molecule has 0 bridgehead atoms. The van der Waals surface area contributed by atoms with E-state index < -0.39 is 18.0 Å². The number of carbonyl (C=O) groups excluding carboxylic acids is 3. The first kappa shape index (κ1) is 21.3. The molecule has 1 N–H and O–H groups in total. The third-order valence-corrected chi connectivity index (χ3v) is 6.50. The van der Waals surface area contributed by atoms with E-state index in [1.807, 2.05) is 67.2 Å². The van der Waals surface area contributed by atoms with E-state index in [-0.39, 0.29) is 6.10 Å². The van der Waals surface area contributed by atoms with Gasteiger partial charge in [-0.15, -0.1) is 0 Å². The number of nitrogens with zero attached hydrogens (tertiary/aromatic N) is 4. The molecule has 9 heteroatoms. The van der Waals surface area contributed by atoms with Crippen molar-refractivity contribution < 1.29 is 19.1 Å². The van der Waals surface area contributed by atoms with Crippen LogP contribution in [0.25, 0.3) is 27.7 Å². The van der Waals surface area contributed by atoms with Crippen LogP contribution in [0.3, 0.4) is 0 Å². The van der Waals surface area contributed by atoms with Crippen molar-refractivity contribution in [1.29, 1.82) is 0 Å². The third kappa shape index (κ3) is 3.27. The Bertz CT molecular complexity index is 1560. The van der Waals surface area contributed by atoms with Crippen LogP contribution in [0, 0.1) is 0 Å². The van der Waals surface area contributed by atoms with Crippen LogP contribution >= 0.6 is 0 Å². The molecule has 4 aromatic rings. The Morgan fingerprint density at radius 2 is 1.94 bits per heavy atom. The van der Waals surface area contributed by atoms with Gasteiger partial charge in [-0.25, -0.2) is 4.98 Å². The molecule has 9 nitrogen and oxygen atoms in total. The zero-order valence-corrected chi connectivity index (χ0v) is 19.3. The molecular weight excluding hydrogens is 446 g/mol. The normalized spacial score (nSPS) is 18.1. The molecule has 2 aliphatic rings. The van der Waals surface area contributed by atoms with Gasteiger partial charge in [0.1, 0.15) is 5.65 Å². The van der Waals surface area contributed by atoms with E-state index in [2.05, 4.69) is 10.3 Å². The molecule has 2 aliphatic heterocycles. The number of amides is 3. The highest BCUT2D eigenvalue weighted by molar-refractivity contribution is 6.49. The molecule has 5 heterocycles. The Balaban J connectivity index is 1.59. The fourth-order valence-electron chi connectivity index (χ4n) is 5.09. The van der Waals surface area contributed by atoms with Crippen LogP contribution < -0.4 is 5.32 Å². The van der Waals surface area contributed by atoms with Crippen LogP contribution in [0.1, 0.15) is 30.7 Å². The van der Waals surface area contributed by atoms with E-state index in [0.717, 1.165) is 22.9 Å². The number of para-hydroxylation sites is 1. The molecule has 35 heavy (non-hydrogen) atoms. The maximum atomic E-state index is 13.1. The van der Waals surface area contributed by atoms with Gasteiger partial charge in [0.15, 0.2) is 6.23 Å². The summed E-state index contributed by atoms with van der Waals surface area (Å²) in [5, 5.41) is 3.31. The number of hydrogen-bond acceptors (Lipinski definition) is 5. The van der Waals surface area contributed by atoms with Gasteiger partial charge in [-0.1, -0.05) is 24.3 Å². The smallest absolute Gasteiger partial charge is 0.261 e. The van der Waals surface area contributed by atoms with E-state index in [1.54, 1.807) is 15.5 Å². The topological polar surface area (TPSA) is 97.9 Å².